The predicted octanol–water partition coefficient (Wildman–Crippen LogP) is 6.85. The Labute approximate surface area is 248 Å². The van der Waals surface area contributed by atoms with E-state index in [1.54, 1.807) is 62.8 Å². The smallest absolute Gasteiger partial charge is 0.338 e. The summed E-state index contributed by atoms with van der Waals surface area (Å²) in [6.07, 6.45) is 6.68. The van der Waals surface area contributed by atoms with Crippen LogP contribution in [0.3, 0.4) is 0 Å². The fourth-order valence-electron chi connectivity index (χ4n) is 6.92. The normalized spacial score (nSPS) is 30.2. The molecule has 2 aliphatic rings. The minimum atomic E-state index is -1.24. The lowest BCUT2D eigenvalue weighted by Gasteiger charge is -2.64. The van der Waals surface area contributed by atoms with E-state index in [0.29, 0.717) is 17.5 Å². The van der Waals surface area contributed by atoms with E-state index < -0.39 is 40.8 Å². The molecule has 0 radical (unpaired) electrons. The Bertz CT molecular complexity index is 1480. The van der Waals surface area contributed by atoms with Gasteiger partial charge in [-0.2, -0.15) is 0 Å². The Balaban J connectivity index is 1.79. The van der Waals surface area contributed by atoms with Crippen molar-refractivity contribution in [2.45, 2.75) is 50.6 Å². The summed E-state index contributed by atoms with van der Waals surface area (Å²) in [6, 6.07) is 25.5. The quantitative estimate of drug-likeness (QED) is 0.292. The zero-order valence-corrected chi connectivity index (χ0v) is 24.8. The Morgan fingerprint density at radius 1 is 0.714 bits per heavy atom. The van der Waals surface area contributed by atoms with Crippen molar-refractivity contribution < 1.29 is 28.5 Å². The summed E-state index contributed by atoms with van der Waals surface area (Å²) in [5.74, 6) is -1.44. The van der Waals surface area contributed by atoms with E-state index in [0.717, 1.165) is 11.1 Å². The maximum atomic E-state index is 13.9. The number of fused-ring (bicyclic) bond motifs is 1. The van der Waals surface area contributed by atoms with Gasteiger partial charge >= 0.3 is 11.9 Å². The van der Waals surface area contributed by atoms with E-state index in [-0.39, 0.29) is 5.92 Å². The molecule has 0 aliphatic heterocycles. The third kappa shape index (κ3) is 4.69. The first kappa shape index (κ1) is 29.5. The highest BCUT2D eigenvalue weighted by Gasteiger charge is 2.72. The van der Waals surface area contributed by atoms with Gasteiger partial charge in [0.15, 0.2) is 12.2 Å². The lowest BCUT2D eigenvalue weighted by molar-refractivity contribution is -0.302. The van der Waals surface area contributed by atoms with Crippen molar-refractivity contribution >= 4 is 11.9 Å². The zero-order valence-electron chi connectivity index (χ0n) is 24.8. The van der Waals surface area contributed by atoms with Crippen LogP contribution >= 0.6 is 0 Å². The van der Waals surface area contributed by atoms with Crippen LogP contribution in [0.4, 0.5) is 0 Å². The largest absolute Gasteiger partial charge is 0.452 e. The molecule has 2 aliphatic carbocycles. The number of hydrogen-bond donors (Lipinski definition) is 0. The van der Waals surface area contributed by atoms with Crippen LogP contribution in [0.25, 0.3) is 0 Å². The van der Waals surface area contributed by atoms with Gasteiger partial charge in [0.1, 0.15) is 11.2 Å². The Kier molecular flexibility index (Phi) is 8.22. The van der Waals surface area contributed by atoms with Crippen LogP contribution in [0.2, 0.25) is 0 Å². The highest BCUT2D eigenvalue weighted by atomic mass is 16.6. The van der Waals surface area contributed by atoms with Gasteiger partial charge in [0.05, 0.1) is 11.1 Å². The molecule has 5 rings (SSSR count). The molecule has 42 heavy (non-hydrogen) atoms. The number of ether oxygens (including phenoxy) is 4. The molecular weight excluding hydrogens is 528 g/mol. The van der Waals surface area contributed by atoms with Crippen LogP contribution in [0.1, 0.15) is 52.1 Å². The molecule has 218 valence electrons. The van der Waals surface area contributed by atoms with Gasteiger partial charge < -0.3 is 18.9 Å². The summed E-state index contributed by atoms with van der Waals surface area (Å²) in [4.78, 5) is 27.6. The first-order valence-corrected chi connectivity index (χ1v) is 14.2. The number of allylic oxidation sites excluding steroid dienone is 3. The number of hydrogen-bond acceptors (Lipinski definition) is 6. The molecule has 0 aromatic heterocycles. The average molecular weight is 567 g/mol. The predicted molar refractivity (Wildman–Crippen MR) is 161 cm³/mol. The van der Waals surface area contributed by atoms with Gasteiger partial charge in [0.2, 0.25) is 0 Å². The second-order valence-corrected chi connectivity index (χ2v) is 11.4. The number of benzene rings is 3. The van der Waals surface area contributed by atoms with Gasteiger partial charge in [0.25, 0.3) is 0 Å². The Morgan fingerprint density at radius 3 is 1.81 bits per heavy atom. The molecule has 0 heterocycles. The number of esters is 2. The molecule has 6 nitrogen and oxygen atoms in total. The SMILES string of the molecule is CO[C@@]1(C)[C@@H](OC(=O)c2ccccc2)[C@@H](OC(=O)c2ccccc2)[C@](OC)(c2ccccc2C)C2C=CC=CCC21C. The van der Waals surface area contributed by atoms with E-state index in [1.807, 2.05) is 62.4 Å². The minimum absolute atomic E-state index is 0.351. The fourth-order valence-corrected chi connectivity index (χ4v) is 6.92. The molecule has 0 spiro atoms. The van der Waals surface area contributed by atoms with Crippen LogP contribution in [0.5, 0.6) is 0 Å². The third-order valence-electron chi connectivity index (χ3n) is 9.43. The molecule has 3 aromatic carbocycles. The topological polar surface area (TPSA) is 71.1 Å². The van der Waals surface area contributed by atoms with Gasteiger partial charge in [0, 0.05) is 25.6 Å². The van der Waals surface area contributed by atoms with Crippen molar-refractivity contribution in [1.82, 2.24) is 0 Å². The fraction of sp³-hybridized carbons (Fsp3) is 0.333. The van der Waals surface area contributed by atoms with Crippen molar-refractivity contribution in [3.63, 3.8) is 0 Å². The van der Waals surface area contributed by atoms with Crippen molar-refractivity contribution in [3.8, 4) is 0 Å². The highest BCUT2D eigenvalue weighted by Crippen LogP contribution is 2.63. The van der Waals surface area contributed by atoms with E-state index in [1.165, 1.54) is 0 Å². The number of carbonyl (C=O) groups is 2. The van der Waals surface area contributed by atoms with Crippen molar-refractivity contribution in [1.29, 1.82) is 0 Å². The monoisotopic (exact) mass is 566 g/mol. The Morgan fingerprint density at radius 2 is 1.26 bits per heavy atom. The van der Waals surface area contributed by atoms with Gasteiger partial charge in [-0.25, -0.2) is 9.59 Å². The van der Waals surface area contributed by atoms with Crippen LogP contribution in [0, 0.1) is 18.3 Å². The number of methoxy groups -OCH3 is 2. The number of aryl methyl sites for hydroxylation is 1. The van der Waals surface area contributed by atoms with Crippen molar-refractivity contribution in [2.24, 2.45) is 11.3 Å². The summed E-state index contributed by atoms with van der Waals surface area (Å²) >= 11 is 0. The lowest BCUT2D eigenvalue weighted by Crippen LogP contribution is -2.75. The van der Waals surface area contributed by atoms with E-state index in [2.05, 4.69) is 19.1 Å². The molecule has 0 bridgehead atoms. The molecule has 2 unspecified atom stereocenters. The summed E-state index contributed by atoms with van der Waals surface area (Å²) in [7, 11) is 3.25. The van der Waals surface area contributed by atoms with E-state index in [4.69, 9.17) is 18.9 Å². The molecule has 3 aromatic rings. The summed E-state index contributed by atoms with van der Waals surface area (Å²) in [6.45, 7) is 6.08. The Hall–Kier alpha value is -4.00. The molecule has 0 N–H and O–H groups in total. The standard InChI is InChI=1S/C36H38O6/c1-25-17-14-15-22-28(25)36(40-5)29-23-13-8-16-24-34(29,2)35(3,39-4)30(41-32(37)26-18-9-6-10-19-26)31(36)42-33(38)27-20-11-7-12-21-27/h6-23,29-31H,24H2,1-5H3/t29?,30-,31+,34?,35-,36-/m0/s1. The molecule has 1 fully saturated rings. The first-order valence-electron chi connectivity index (χ1n) is 14.2. The van der Waals surface area contributed by atoms with Crippen molar-refractivity contribution in [2.75, 3.05) is 14.2 Å². The lowest BCUT2D eigenvalue weighted by atomic mass is 9.49. The van der Waals surface area contributed by atoms with Crippen molar-refractivity contribution in [3.05, 3.63) is 131 Å². The molecule has 0 amide bonds. The van der Waals surface area contributed by atoms with Gasteiger partial charge in [-0.05, 0) is 55.7 Å². The third-order valence-corrected chi connectivity index (χ3v) is 9.43. The summed E-state index contributed by atoms with van der Waals surface area (Å²) in [5, 5.41) is 0. The second kappa shape index (κ2) is 11.7. The highest BCUT2D eigenvalue weighted by molar-refractivity contribution is 5.90. The van der Waals surface area contributed by atoms with Gasteiger partial charge in [-0.15, -0.1) is 0 Å². The number of carbonyl (C=O) groups excluding carboxylic acids is 2. The number of rotatable bonds is 7. The molecule has 0 saturated heterocycles. The van der Waals surface area contributed by atoms with Crippen LogP contribution in [-0.4, -0.2) is 44.0 Å². The second-order valence-electron chi connectivity index (χ2n) is 11.4. The van der Waals surface area contributed by atoms with Crippen LogP contribution in [0.15, 0.2) is 109 Å². The first-order chi connectivity index (χ1) is 20.2. The molecule has 6 atom stereocenters. The minimum Gasteiger partial charge on any atom is -0.452 e. The molecular formula is C36H38O6. The summed E-state index contributed by atoms with van der Waals surface area (Å²) < 4.78 is 26.0. The summed E-state index contributed by atoms with van der Waals surface area (Å²) in [5.41, 5.74) is -0.440. The molecule has 1 saturated carbocycles. The van der Waals surface area contributed by atoms with Gasteiger partial charge in [-0.3, -0.25) is 0 Å². The average Bonchev–Trinajstić information content (AvgIpc) is 3.23. The van der Waals surface area contributed by atoms with Gasteiger partial charge in [-0.1, -0.05) is 91.9 Å². The maximum Gasteiger partial charge on any atom is 0.338 e. The van der Waals surface area contributed by atoms with Crippen LogP contribution < -0.4 is 0 Å². The van der Waals surface area contributed by atoms with Crippen LogP contribution in [-0.2, 0) is 24.5 Å². The van der Waals surface area contributed by atoms with E-state index in [9.17, 15) is 9.59 Å². The maximum absolute atomic E-state index is 13.9. The zero-order chi connectivity index (χ0) is 30.0. The molecule has 6 heteroatoms. The van der Waals surface area contributed by atoms with E-state index >= 15 is 0 Å².